The van der Waals surface area contributed by atoms with Gasteiger partial charge in [0, 0.05) is 15.5 Å². The predicted octanol–water partition coefficient (Wildman–Crippen LogP) is 11.4. The number of allylic oxidation sites excluding steroid dienone is 4. The minimum atomic E-state index is -0.325. The fourth-order valence-corrected chi connectivity index (χ4v) is 9.05. The van der Waals surface area contributed by atoms with Gasteiger partial charge in [-0.2, -0.15) is 0 Å². The topological polar surface area (TPSA) is 3.24 Å². The molecule has 0 N–H and O–H groups in total. The van der Waals surface area contributed by atoms with Gasteiger partial charge in [-0.1, -0.05) is 117 Å². The number of rotatable bonds is 1. The summed E-state index contributed by atoms with van der Waals surface area (Å²) in [5.74, 6) is 0. The first-order chi connectivity index (χ1) is 21.0. The lowest BCUT2D eigenvalue weighted by Crippen LogP contribution is -2.28. The summed E-state index contributed by atoms with van der Waals surface area (Å²) in [5, 5.41) is 0. The van der Waals surface area contributed by atoms with Crippen molar-refractivity contribution in [2.24, 2.45) is 0 Å². The summed E-state index contributed by atoms with van der Waals surface area (Å²) < 4.78 is 0. The molecule has 0 bridgehead atoms. The van der Waals surface area contributed by atoms with E-state index in [-0.39, 0.29) is 10.8 Å². The third-order valence-electron chi connectivity index (χ3n) is 9.91. The van der Waals surface area contributed by atoms with Crippen LogP contribution in [0.15, 0.2) is 137 Å². The molecule has 0 fully saturated rings. The summed E-state index contributed by atoms with van der Waals surface area (Å²) >= 11 is 1.87. The highest BCUT2D eigenvalue weighted by Gasteiger charge is 2.53. The average molecular weight is 572 g/mol. The molecular formula is C41H33NS. The Labute approximate surface area is 258 Å². The zero-order valence-corrected chi connectivity index (χ0v) is 25.6. The van der Waals surface area contributed by atoms with Gasteiger partial charge in [0.1, 0.15) is 0 Å². The first-order valence-corrected chi connectivity index (χ1v) is 16.2. The largest absolute Gasteiger partial charge is 0.308 e. The smallest absolute Gasteiger partial charge is 0.0723 e. The second-order valence-electron chi connectivity index (χ2n) is 13.2. The van der Waals surface area contributed by atoms with Crippen molar-refractivity contribution in [1.29, 1.82) is 0 Å². The van der Waals surface area contributed by atoms with Crippen LogP contribution in [0.5, 0.6) is 0 Å². The van der Waals surface area contributed by atoms with Crippen molar-refractivity contribution >= 4 is 34.4 Å². The molecule has 1 aliphatic heterocycles. The molecule has 3 aliphatic carbocycles. The second kappa shape index (κ2) is 8.88. The molecule has 5 aromatic rings. The van der Waals surface area contributed by atoms with Crippen molar-refractivity contribution in [2.45, 2.75) is 54.2 Å². The van der Waals surface area contributed by atoms with E-state index >= 15 is 0 Å². The molecule has 0 aromatic heterocycles. The molecule has 4 aliphatic rings. The van der Waals surface area contributed by atoms with Gasteiger partial charge in [-0.25, -0.2) is 0 Å². The molecular weight excluding hydrogens is 539 g/mol. The minimum absolute atomic E-state index is 0.0623. The summed E-state index contributed by atoms with van der Waals surface area (Å²) in [7, 11) is 0. The van der Waals surface area contributed by atoms with E-state index in [9.17, 15) is 0 Å². The van der Waals surface area contributed by atoms with Crippen molar-refractivity contribution in [2.75, 3.05) is 4.90 Å². The molecule has 43 heavy (non-hydrogen) atoms. The van der Waals surface area contributed by atoms with Crippen molar-refractivity contribution in [1.82, 2.24) is 0 Å². The SMILES string of the molecule is CC(C)(C)c1ccc2c(c1)C1(C3=C(CCC=C3)c3ccccc31)c1cc(N3c4ccccc4Sc4ccccc43)ccc1-2. The van der Waals surface area contributed by atoms with Crippen molar-refractivity contribution in [3.05, 3.63) is 155 Å². The Morgan fingerprint density at radius 2 is 1.30 bits per heavy atom. The molecule has 2 heteroatoms. The molecule has 5 aromatic carbocycles. The maximum absolute atomic E-state index is 2.53. The molecule has 0 radical (unpaired) electrons. The second-order valence-corrected chi connectivity index (χ2v) is 14.3. The third-order valence-corrected chi connectivity index (χ3v) is 11.0. The molecule has 0 amide bonds. The van der Waals surface area contributed by atoms with E-state index in [1.165, 1.54) is 76.9 Å². The number of hydrogen-bond acceptors (Lipinski definition) is 2. The molecule has 9 rings (SSSR count). The first kappa shape index (κ1) is 25.2. The van der Waals surface area contributed by atoms with E-state index in [1.54, 1.807) is 0 Å². The highest BCUT2D eigenvalue weighted by atomic mass is 32.2. The Balaban J connectivity index is 1.37. The van der Waals surface area contributed by atoms with Gasteiger partial charge in [-0.05, 0) is 105 Å². The number of hydrogen-bond donors (Lipinski definition) is 0. The van der Waals surface area contributed by atoms with E-state index < -0.39 is 0 Å². The number of nitrogens with zero attached hydrogens (tertiary/aromatic N) is 1. The fourth-order valence-electron chi connectivity index (χ4n) is 7.99. The van der Waals surface area contributed by atoms with Gasteiger partial charge in [0.25, 0.3) is 0 Å². The van der Waals surface area contributed by atoms with Crippen LogP contribution in [0, 0.1) is 0 Å². The lowest BCUT2D eigenvalue weighted by molar-refractivity contribution is 0.588. The lowest BCUT2D eigenvalue weighted by atomic mass is 9.68. The van der Waals surface area contributed by atoms with Gasteiger partial charge < -0.3 is 4.90 Å². The molecule has 1 nitrogen and oxygen atoms in total. The molecule has 0 saturated carbocycles. The molecule has 208 valence electrons. The third kappa shape index (κ3) is 3.36. The van der Waals surface area contributed by atoms with Crippen molar-refractivity contribution < 1.29 is 0 Å². The van der Waals surface area contributed by atoms with E-state index in [2.05, 4.69) is 147 Å². The lowest BCUT2D eigenvalue weighted by Gasteiger charge is -2.35. The number of para-hydroxylation sites is 2. The summed E-state index contributed by atoms with van der Waals surface area (Å²) in [4.78, 5) is 5.06. The molecule has 1 unspecified atom stereocenters. The maximum Gasteiger partial charge on any atom is 0.0723 e. The van der Waals surface area contributed by atoms with Gasteiger partial charge in [0.15, 0.2) is 0 Å². The van der Waals surface area contributed by atoms with E-state index in [4.69, 9.17) is 0 Å². The predicted molar refractivity (Wildman–Crippen MR) is 181 cm³/mol. The van der Waals surface area contributed by atoms with Crippen LogP contribution in [0.1, 0.15) is 61.4 Å². The van der Waals surface area contributed by atoms with Crippen molar-refractivity contribution in [3.63, 3.8) is 0 Å². The average Bonchev–Trinajstić information content (AvgIpc) is 3.50. The summed E-state index contributed by atoms with van der Waals surface area (Å²) in [6, 6.07) is 41.4. The minimum Gasteiger partial charge on any atom is -0.308 e. The Kier molecular flexibility index (Phi) is 5.21. The van der Waals surface area contributed by atoms with Crippen LogP contribution in [0.4, 0.5) is 17.1 Å². The highest BCUT2D eigenvalue weighted by Crippen LogP contribution is 2.64. The normalized spacial score (nSPS) is 19.1. The molecule has 0 saturated heterocycles. The first-order valence-electron chi connectivity index (χ1n) is 15.4. The number of benzene rings is 5. The van der Waals surface area contributed by atoms with Gasteiger partial charge in [0.05, 0.1) is 16.8 Å². The molecule has 1 spiro atoms. The van der Waals surface area contributed by atoms with Crippen LogP contribution >= 0.6 is 11.8 Å². The van der Waals surface area contributed by atoms with Crippen LogP contribution < -0.4 is 4.90 Å². The standard InChI is InChI=1S/C41H33NS/c1-40(2,3)26-20-22-30-31-23-21-27(42-36-16-8-10-18-38(36)43-39-19-11-9-17-37(39)42)25-35(31)41(34(30)24-26)32-14-6-4-12-28(32)29-13-5-7-15-33(29)41/h4,6-12,14-25H,5,13H2,1-3H3. The Hall–Kier alpha value is -4.27. The van der Waals surface area contributed by atoms with E-state index in [1.807, 2.05) is 11.8 Å². The quantitative estimate of drug-likeness (QED) is 0.193. The van der Waals surface area contributed by atoms with Crippen LogP contribution in [0.2, 0.25) is 0 Å². The van der Waals surface area contributed by atoms with Crippen LogP contribution in [-0.4, -0.2) is 0 Å². The summed E-state index contributed by atoms with van der Waals surface area (Å²) in [5.41, 5.74) is 16.3. The monoisotopic (exact) mass is 571 g/mol. The van der Waals surface area contributed by atoms with Gasteiger partial charge in [-0.15, -0.1) is 0 Å². The Morgan fingerprint density at radius 1 is 0.651 bits per heavy atom. The van der Waals surface area contributed by atoms with E-state index in [0.717, 1.165) is 12.8 Å². The van der Waals surface area contributed by atoms with E-state index in [0.29, 0.717) is 0 Å². The Morgan fingerprint density at radius 3 is 2.05 bits per heavy atom. The highest BCUT2D eigenvalue weighted by molar-refractivity contribution is 7.99. The molecule has 1 atom stereocenters. The van der Waals surface area contributed by atoms with Crippen LogP contribution in [-0.2, 0) is 10.8 Å². The maximum atomic E-state index is 2.53. The summed E-state index contributed by atoms with van der Waals surface area (Å²) in [6.07, 6.45) is 7.05. The van der Waals surface area contributed by atoms with Crippen molar-refractivity contribution in [3.8, 4) is 11.1 Å². The van der Waals surface area contributed by atoms with Crippen LogP contribution in [0.3, 0.4) is 0 Å². The number of anilines is 3. The summed E-state index contributed by atoms with van der Waals surface area (Å²) in [6.45, 7) is 7.00. The zero-order chi connectivity index (χ0) is 28.9. The zero-order valence-electron chi connectivity index (χ0n) is 24.8. The fraction of sp³-hybridized carbons (Fsp3) is 0.171. The Bertz CT molecular complexity index is 2010. The van der Waals surface area contributed by atoms with Gasteiger partial charge in [0.2, 0.25) is 0 Å². The van der Waals surface area contributed by atoms with Gasteiger partial charge in [-0.3, -0.25) is 0 Å². The molecule has 1 heterocycles. The van der Waals surface area contributed by atoms with Gasteiger partial charge >= 0.3 is 0 Å². The van der Waals surface area contributed by atoms with Crippen LogP contribution in [0.25, 0.3) is 16.7 Å². The number of fused-ring (bicyclic) bond motifs is 11.